The van der Waals surface area contributed by atoms with Gasteiger partial charge in [0, 0.05) is 17.5 Å². The van der Waals surface area contributed by atoms with Gasteiger partial charge in [-0.15, -0.1) is 0 Å². The van der Waals surface area contributed by atoms with Crippen LogP contribution in [0, 0.1) is 6.92 Å². The number of ether oxygens (including phenoxy) is 3. The van der Waals surface area contributed by atoms with Gasteiger partial charge in [-0.1, -0.05) is 48.0 Å². The normalized spacial score (nSPS) is 18.6. The second-order valence-corrected chi connectivity index (χ2v) is 8.09. The molecule has 33 heavy (non-hydrogen) atoms. The zero-order chi connectivity index (χ0) is 23.1. The number of nitrogens with zero attached hydrogens (tertiary/aromatic N) is 2. The second kappa shape index (κ2) is 8.16. The summed E-state index contributed by atoms with van der Waals surface area (Å²) in [5, 5.41) is 16.9. The van der Waals surface area contributed by atoms with Gasteiger partial charge in [-0.2, -0.15) is 5.10 Å². The predicted octanol–water partition coefficient (Wildman–Crippen LogP) is 4.95. The molecule has 2 aliphatic rings. The minimum atomic E-state index is -1.12. The van der Waals surface area contributed by atoms with Crippen molar-refractivity contribution in [3.05, 3.63) is 88.5 Å². The SMILES string of the molecule is COc1ccc(C2Oc3ccccc3C3CC(c4ccc(C)cc4)=NN32)c(C(=O)O)c1OC. The molecule has 0 spiro atoms. The fourth-order valence-corrected chi connectivity index (χ4v) is 4.53. The van der Waals surface area contributed by atoms with Crippen LogP contribution in [-0.2, 0) is 0 Å². The number of benzene rings is 3. The van der Waals surface area contributed by atoms with Gasteiger partial charge in [-0.05, 0) is 30.7 Å². The van der Waals surface area contributed by atoms with E-state index in [1.165, 1.54) is 19.8 Å². The van der Waals surface area contributed by atoms with Crippen LogP contribution in [0.3, 0.4) is 0 Å². The van der Waals surface area contributed by atoms with E-state index in [9.17, 15) is 9.90 Å². The standard InChI is InChI=1S/C26H24N2O5/c1-15-8-10-16(11-9-15)19-14-20-17-6-4-5-7-21(17)33-25(28(20)27-19)18-12-13-22(31-2)24(32-3)23(18)26(29)30/h4-13,20,25H,14H2,1-3H3,(H,29,30). The Bertz CT molecular complexity index is 1250. The number of carboxylic acids is 1. The van der Waals surface area contributed by atoms with Crippen molar-refractivity contribution in [2.75, 3.05) is 14.2 Å². The fourth-order valence-electron chi connectivity index (χ4n) is 4.53. The number of fused-ring (bicyclic) bond motifs is 3. The van der Waals surface area contributed by atoms with Crippen LogP contribution >= 0.6 is 0 Å². The molecule has 2 aliphatic heterocycles. The lowest BCUT2D eigenvalue weighted by Gasteiger charge is -2.38. The lowest BCUT2D eigenvalue weighted by Crippen LogP contribution is -2.34. The molecule has 0 amide bonds. The van der Waals surface area contributed by atoms with Crippen LogP contribution in [0.4, 0.5) is 0 Å². The van der Waals surface area contributed by atoms with Gasteiger partial charge >= 0.3 is 5.97 Å². The van der Waals surface area contributed by atoms with E-state index in [1.54, 1.807) is 12.1 Å². The van der Waals surface area contributed by atoms with E-state index in [1.807, 2.05) is 36.2 Å². The molecule has 2 unspecified atom stereocenters. The first-order chi connectivity index (χ1) is 16.0. The third-order valence-electron chi connectivity index (χ3n) is 6.14. The molecule has 7 heteroatoms. The summed E-state index contributed by atoms with van der Waals surface area (Å²) in [4.78, 5) is 12.3. The maximum Gasteiger partial charge on any atom is 0.340 e. The molecule has 0 saturated carbocycles. The predicted molar refractivity (Wildman–Crippen MR) is 123 cm³/mol. The van der Waals surface area contributed by atoms with Gasteiger partial charge in [-0.25, -0.2) is 9.80 Å². The summed E-state index contributed by atoms with van der Waals surface area (Å²) in [5.41, 5.74) is 4.63. The van der Waals surface area contributed by atoms with Crippen molar-refractivity contribution in [3.8, 4) is 17.2 Å². The summed E-state index contributed by atoms with van der Waals surface area (Å²) >= 11 is 0. The molecule has 7 nitrogen and oxygen atoms in total. The Balaban J connectivity index is 1.66. The first-order valence-electron chi connectivity index (χ1n) is 10.7. The van der Waals surface area contributed by atoms with Gasteiger partial charge < -0.3 is 19.3 Å². The fraction of sp³-hybridized carbons (Fsp3) is 0.231. The highest BCUT2D eigenvalue weighted by atomic mass is 16.5. The van der Waals surface area contributed by atoms with Crippen molar-refractivity contribution in [3.63, 3.8) is 0 Å². The Hall–Kier alpha value is -4.00. The van der Waals surface area contributed by atoms with E-state index in [4.69, 9.17) is 19.3 Å². The number of hydrogen-bond acceptors (Lipinski definition) is 6. The third-order valence-corrected chi connectivity index (χ3v) is 6.14. The molecule has 3 aromatic rings. The molecule has 2 atom stereocenters. The lowest BCUT2D eigenvalue weighted by molar-refractivity contribution is -0.0199. The Morgan fingerprint density at radius 2 is 1.79 bits per heavy atom. The first-order valence-corrected chi connectivity index (χ1v) is 10.7. The van der Waals surface area contributed by atoms with E-state index >= 15 is 0 Å². The molecular formula is C26H24N2O5. The minimum absolute atomic E-state index is 0.000956. The van der Waals surface area contributed by atoms with Crippen LogP contribution in [-0.4, -0.2) is 36.0 Å². The average Bonchev–Trinajstić information content (AvgIpc) is 3.28. The van der Waals surface area contributed by atoms with E-state index in [0.717, 1.165) is 22.6 Å². The van der Waals surface area contributed by atoms with E-state index < -0.39 is 12.2 Å². The number of methoxy groups -OCH3 is 2. The van der Waals surface area contributed by atoms with Crippen molar-refractivity contribution in [2.24, 2.45) is 5.10 Å². The molecule has 2 heterocycles. The van der Waals surface area contributed by atoms with Gasteiger partial charge in [0.15, 0.2) is 11.5 Å². The highest BCUT2D eigenvalue weighted by Crippen LogP contribution is 2.49. The van der Waals surface area contributed by atoms with Crippen molar-refractivity contribution < 1.29 is 24.1 Å². The molecule has 168 valence electrons. The van der Waals surface area contributed by atoms with Gasteiger partial charge in [-0.3, -0.25) is 0 Å². The van der Waals surface area contributed by atoms with Gasteiger partial charge in [0.2, 0.25) is 6.23 Å². The quantitative estimate of drug-likeness (QED) is 0.600. The third kappa shape index (κ3) is 3.46. The lowest BCUT2D eigenvalue weighted by atomic mass is 9.94. The molecule has 3 aromatic carbocycles. The van der Waals surface area contributed by atoms with Crippen LogP contribution in [0.2, 0.25) is 0 Å². The minimum Gasteiger partial charge on any atom is -0.493 e. The van der Waals surface area contributed by atoms with Gasteiger partial charge in [0.25, 0.3) is 0 Å². The molecule has 0 aliphatic carbocycles. The summed E-state index contributed by atoms with van der Waals surface area (Å²) in [5.74, 6) is 0.0945. The van der Waals surface area contributed by atoms with E-state index in [2.05, 4.69) is 24.3 Å². The number of para-hydroxylation sites is 1. The smallest absolute Gasteiger partial charge is 0.340 e. The molecule has 0 saturated heterocycles. The Kier molecular flexibility index (Phi) is 5.17. The average molecular weight is 444 g/mol. The van der Waals surface area contributed by atoms with Gasteiger partial charge in [0.1, 0.15) is 11.3 Å². The maximum atomic E-state index is 12.3. The second-order valence-electron chi connectivity index (χ2n) is 8.09. The molecule has 0 radical (unpaired) electrons. The summed E-state index contributed by atoms with van der Waals surface area (Å²) in [6.07, 6.45) is -0.0472. The molecule has 0 aromatic heterocycles. The van der Waals surface area contributed by atoms with Crippen molar-refractivity contribution in [1.82, 2.24) is 5.01 Å². The van der Waals surface area contributed by atoms with Crippen LogP contribution in [0.25, 0.3) is 0 Å². The number of aromatic carboxylic acids is 1. The van der Waals surface area contributed by atoms with E-state index in [0.29, 0.717) is 17.7 Å². The van der Waals surface area contributed by atoms with Crippen molar-refractivity contribution in [1.29, 1.82) is 0 Å². The number of hydrazone groups is 1. The number of hydrogen-bond donors (Lipinski definition) is 1. The summed E-state index contributed by atoms with van der Waals surface area (Å²) in [6.45, 7) is 2.05. The Morgan fingerprint density at radius 3 is 2.48 bits per heavy atom. The summed E-state index contributed by atoms with van der Waals surface area (Å²) < 4.78 is 17.1. The van der Waals surface area contributed by atoms with Crippen LogP contribution in [0.1, 0.15) is 51.3 Å². The van der Waals surface area contributed by atoms with Crippen LogP contribution in [0.15, 0.2) is 65.8 Å². The van der Waals surface area contributed by atoms with E-state index in [-0.39, 0.29) is 17.4 Å². The molecule has 0 bridgehead atoms. The monoisotopic (exact) mass is 444 g/mol. The summed E-state index contributed by atoms with van der Waals surface area (Å²) in [6, 6.07) is 19.4. The molecule has 0 fully saturated rings. The largest absolute Gasteiger partial charge is 0.493 e. The summed E-state index contributed by atoms with van der Waals surface area (Å²) in [7, 11) is 2.91. The Labute approximate surface area is 191 Å². The van der Waals surface area contributed by atoms with Crippen molar-refractivity contribution >= 4 is 11.7 Å². The molecule has 1 N–H and O–H groups in total. The van der Waals surface area contributed by atoms with Gasteiger partial charge in [0.05, 0.1) is 26.0 Å². The Morgan fingerprint density at radius 1 is 1.03 bits per heavy atom. The molecular weight excluding hydrogens is 420 g/mol. The number of carbonyl (C=O) groups is 1. The number of aryl methyl sites for hydroxylation is 1. The first kappa shape index (κ1) is 20.9. The highest BCUT2D eigenvalue weighted by molar-refractivity contribution is 6.02. The zero-order valence-electron chi connectivity index (χ0n) is 18.6. The number of rotatable bonds is 5. The molecule has 5 rings (SSSR count). The van der Waals surface area contributed by atoms with Crippen molar-refractivity contribution in [2.45, 2.75) is 25.6 Å². The topological polar surface area (TPSA) is 80.6 Å². The van der Waals surface area contributed by atoms with Crippen LogP contribution < -0.4 is 14.2 Å². The highest BCUT2D eigenvalue weighted by Gasteiger charge is 2.43. The van der Waals surface area contributed by atoms with Crippen LogP contribution in [0.5, 0.6) is 17.2 Å². The maximum absolute atomic E-state index is 12.3. The number of carboxylic acid groups (broad SMARTS) is 1. The zero-order valence-corrected chi connectivity index (χ0v) is 18.6.